The molecule has 0 atom stereocenters. The second-order valence-corrected chi connectivity index (χ2v) is 10.7. The van der Waals surface area contributed by atoms with Crippen LogP contribution in [0.5, 0.6) is 0 Å². The first kappa shape index (κ1) is 33.0. The average Bonchev–Trinajstić information content (AvgIpc) is 2.47. The van der Waals surface area contributed by atoms with Gasteiger partial charge in [-0.05, 0) is 54.4 Å². The molecule has 0 radical (unpaired) electrons. The number of hydrogen-bond donors (Lipinski definition) is 5. The van der Waals surface area contributed by atoms with Crippen LogP contribution in [0.15, 0.2) is 0 Å². The van der Waals surface area contributed by atoms with Crippen LogP contribution in [0, 0.1) is 0 Å². The summed E-state index contributed by atoms with van der Waals surface area (Å²) < 4.78 is 69.5. The Labute approximate surface area is 189 Å². The Bertz CT molecular complexity index is 650. The zero-order valence-electron chi connectivity index (χ0n) is 19.7. The summed E-state index contributed by atoms with van der Waals surface area (Å²) in [7, 11) is -10.7. The molecule has 0 unspecified atom stereocenters. The molecule has 0 aromatic heterocycles. The maximum absolute atomic E-state index is 11.4. The molecule has 0 fully saturated rings. The molecule has 9 nitrogen and oxygen atoms in total. The SMILES string of the molecule is CC(C)(C)OC(=O)NCCCNC(N)=[NH+]CCCNC(=O)OC(C)(C)C.F[P-](F)(F)(F)(F)F. The monoisotopic (exact) mass is 519 g/mol. The second kappa shape index (κ2) is 11.8. The van der Waals surface area contributed by atoms with E-state index in [1.807, 2.05) is 41.5 Å². The summed E-state index contributed by atoms with van der Waals surface area (Å²) >= 11 is 0. The van der Waals surface area contributed by atoms with Crippen LogP contribution < -0.4 is 26.7 Å². The normalized spacial score (nSPS) is 14.6. The molecule has 0 spiro atoms. The first-order valence-corrected chi connectivity index (χ1v) is 12.0. The molecule has 0 bridgehead atoms. The fourth-order valence-corrected chi connectivity index (χ4v) is 1.69. The van der Waals surface area contributed by atoms with E-state index in [1.54, 1.807) is 0 Å². The fourth-order valence-electron chi connectivity index (χ4n) is 1.69. The third-order valence-electron chi connectivity index (χ3n) is 2.67. The van der Waals surface area contributed by atoms with Gasteiger partial charge in [0, 0.05) is 13.1 Å². The van der Waals surface area contributed by atoms with Gasteiger partial charge in [-0.3, -0.25) is 16.0 Å². The molecule has 0 saturated heterocycles. The van der Waals surface area contributed by atoms with Crippen molar-refractivity contribution in [1.29, 1.82) is 0 Å². The molecule has 6 N–H and O–H groups in total. The molecule has 0 aliphatic rings. The third kappa shape index (κ3) is 40.7. The Morgan fingerprint density at radius 2 is 1.09 bits per heavy atom. The second-order valence-electron chi connectivity index (χ2n) is 8.79. The van der Waals surface area contributed by atoms with Crippen molar-refractivity contribution in [2.24, 2.45) is 5.73 Å². The van der Waals surface area contributed by atoms with Crippen molar-refractivity contribution in [2.75, 3.05) is 26.2 Å². The fraction of sp³-hybridized carbons (Fsp3) is 0.824. The molecule has 2 amide bonds. The quantitative estimate of drug-likeness (QED) is 0.110. The number of ether oxygens (including phenoxy) is 2. The van der Waals surface area contributed by atoms with E-state index in [2.05, 4.69) is 20.9 Å². The first-order chi connectivity index (χ1) is 14.3. The summed E-state index contributed by atoms with van der Waals surface area (Å²) in [6.45, 7) is 13.1. The molecule has 200 valence electrons. The number of amides is 2. The Hall–Kier alpha value is -2.18. The van der Waals surface area contributed by atoms with E-state index in [1.165, 1.54) is 0 Å². The van der Waals surface area contributed by atoms with Crippen LogP contribution in [0.1, 0.15) is 54.4 Å². The van der Waals surface area contributed by atoms with Crippen LogP contribution in [-0.4, -0.2) is 55.5 Å². The summed E-state index contributed by atoms with van der Waals surface area (Å²) in [5.41, 5.74) is 4.80. The number of nitrogens with two attached hydrogens (primary N) is 1. The molecule has 0 rings (SSSR count). The van der Waals surface area contributed by atoms with Crippen molar-refractivity contribution in [1.82, 2.24) is 16.0 Å². The number of rotatable bonds is 8. The van der Waals surface area contributed by atoms with Crippen molar-refractivity contribution in [2.45, 2.75) is 65.6 Å². The Morgan fingerprint density at radius 1 is 0.758 bits per heavy atom. The van der Waals surface area contributed by atoms with Gasteiger partial charge in [0.15, 0.2) is 0 Å². The summed E-state index contributed by atoms with van der Waals surface area (Å²) in [5, 5.41) is 8.37. The number of carbonyl (C=O) groups excluding carboxylic acids is 2. The predicted octanol–water partition coefficient (Wildman–Crippen LogP) is 3.18. The van der Waals surface area contributed by atoms with E-state index in [9.17, 15) is 34.8 Å². The first-order valence-electron chi connectivity index (χ1n) is 9.94. The van der Waals surface area contributed by atoms with Gasteiger partial charge in [-0.1, -0.05) is 0 Å². The number of halogens is 6. The molecular weight excluding hydrogens is 483 g/mol. The van der Waals surface area contributed by atoms with Gasteiger partial charge in [-0.15, -0.1) is 0 Å². The van der Waals surface area contributed by atoms with Gasteiger partial charge < -0.3 is 20.1 Å². The van der Waals surface area contributed by atoms with Crippen molar-refractivity contribution >= 4 is 26.0 Å². The van der Waals surface area contributed by atoms with Gasteiger partial charge in [0.25, 0.3) is 0 Å². The molecule has 16 heteroatoms. The predicted molar refractivity (Wildman–Crippen MR) is 114 cm³/mol. The van der Waals surface area contributed by atoms with E-state index in [0.29, 0.717) is 45.0 Å². The van der Waals surface area contributed by atoms with Crippen molar-refractivity contribution in [3.63, 3.8) is 0 Å². The number of carbonyl (C=O) groups is 2. The van der Waals surface area contributed by atoms with Gasteiger partial charge in [-0.25, -0.2) is 9.59 Å². The van der Waals surface area contributed by atoms with E-state index in [0.717, 1.165) is 0 Å². The number of guanidine groups is 1. The third-order valence-corrected chi connectivity index (χ3v) is 2.67. The topological polar surface area (TPSA) is 129 Å². The average molecular weight is 519 g/mol. The van der Waals surface area contributed by atoms with Gasteiger partial charge in [0.05, 0.1) is 13.1 Å². The summed E-state index contributed by atoms with van der Waals surface area (Å²) in [5.74, 6) is 0.458. The van der Waals surface area contributed by atoms with Crippen LogP contribution in [0.25, 0.3) is 0 Å². The summed E-state index contributed by atoms with van der Waals surface area (Å²) in [6.07, 6.45) is 0.569. The van der Waals surface area contributed by atoms with Gasteiger partial charge in [0.2, 0.25) is 0 Å². The zero-order valence-corrected chi connectivity index (χ0v) is 20.6. The van der Waals surface area contributed by atoms with Crippen molar-refractivity contribution in [3.05, 3.63) is 0 Å². The van der Waals surface area contributed by atoms with Gasteiger partial charge >= 0.3 is 51.1 Å². The van der Waals surface area contributed by atoms with Crippen LogP contribution >= 0.6 is 7.81 Å². The zero-order chi connectivity index (χ0) is 26.6. The van der Waals surface area contributed by atoms with Gasteiger partial charge in [-0.2, -0.15) is 0 Å². The Balaban J connectivity index is 0. The number of hydrogen-bond acceptors (Lipinski definition) is 4. The summed E-state index contributed by atoms with van der Waals surface area (Å²) in [6, 6.07) is 0. The van der Waals surface area contributed by atoms with Gasteiger partial charge in [0.1, 0.15) is 11.2 Å². The molecular formula is C17H36F6N5O4P. The van der Waals surface area contributed by atoms with Crippen LogP contribution in [0.2, 0.25) is 0 Å². The standard InChI is InChI=1S/C17H35N5O4.F6P/c1-16(2,3)25-14(23)21-11-7-9-19-13(18)20-10-8-12-22-15(24)26-17(4,5)6;1-7(2,3,4,5)6/h7-12H2,1-6H3,(H,21,23)(H,22,24)(H3,18,19,20);/q;-1/p+1. The molecule has 0 aromatic carbocycles. The van der Waals surface area contributed by atoms with Crippen LogP contribution in [0.3, 0.4) is 0 Å². The molecule has 0 saturated carbocycles. The minimum atomic E-state index is -10.7. The molecule has 33 heavy (non-hydrogen) atoms. The summed E-state index contributed by atoms with van der Waals surface area (Å²) in [4.78, 5) is 25.9. The van der Waals surface area contributed by atoms with Crippen LogP contribution in [0.4, 0.5) is 34.8 Å². The van der Waals surface area contributed by atoms with E-state index in [-0.39, 0.29) is 0 Å². The van der Waals surface area contributed by atoms with Crippen molar-refractivity contribution < 1.29 is 49.2 Å². The number of nitrogens with one attached hydrogen (secondary N) is 4. The maximum atomic E-state index is 11.4. The van der Waals surface area contributed by atoms with E-state index >= 15 is 0 Å². The van der Waals surface area contributed by atoms with E-state index < -0.39 is 31.2 Å². The minimum absolute atomic E-state index is 0.426. The molecule has 0 aliphatic heterocycles. The Kier molecular flexibility index (Phi) is 11.8. The number of alkyl carbamates (subject to hydrolysis) is 2. The molecule has 0 aliphatic carbocycles. The Morgan fingerprint density at radius 3 is 1.45 bits per heavy atom. The molecule has 0 aromatic rings. The van der Waals surface area contributed by atoms with Crippen LogP contribution in [-0.2, 0) is 9.47 Å². The van der Waals surface area contributed by atoms with E-state index in [4.69, 9.17) is 15.2 Å². The van der Waals surface area contributed by atoms with Crippen molar-refractivity contribution in [3.8, 4) is 0 Å². The molecule has 0 heterocycles.